The van der Waals surface area contributed by atoms with Crippen LogP contribution in [0.3, 0.4) is 0 Å². The molecule has 0 spiro atoms. The van der Waals surface area contributed by atoms with Gasteiger partial charge < -0.3 is 49.1 Å². The number of carboxylic acids is 1. The maximum atomic E-state index is 13.1. The second kappa shape index (κ2) is 17.5. The predicted molar refractivity (Wildman–Crippen MR) is 135 cm³/mol. The molecule has 14 heteroatoms. The molecule has 0 aromatic heterocycles. The van der Waals surface area contributed by atoms with Gasteiger partial charge in [0.25, 0.3) is 0 Å². The number of amides is 3. The third kappa shape index (κ3) is 13.8. The van der Waals surface area contributed by atoms with Gasteiger partial charge in [-0.1, -0.05) is 13.8 Å². The Hall–Kier alpha value is -2.97. The molecule has 0 aromatic carbocycles. The van der Waals surface area contributed by atoms with Crippen LogP contribution < -0.4 is 38.9 Å². The quantitative estimate of drug-likeness (QED) is 0.0523. The fourth-order valence-corrected chi connectivity index (χ4v) is 3.34. The van der Waals surface area contributed by atoms with Crippen LogP contribution in [0.15, 0.2) is 4.99 Å². The van der Waals surface area contributed by atoms with Crippen molar-refractivity contribution in [3.05, 3.63) is 0 Å². The molecule has 0 aliphatic rings. The molecule has 3 amide bonds. The molecule has 0 rings (SSSR count). The van der Waals surface area contributed by atoms with Gasteiger partial charge in [-0.25, -0.2) is 4.79 Å². The van der Waals surface area contributed by atoms with Gasteiger partial charge in [-0.15, -0.1) is 0 Å². The molecule has 0 radical (unpaired) electrons. The first kappa shape index (κ1) is 33.0. The minimum Gasteiger partial charge on any atom is -0.480 e. The van der Waals surface area contributed by atoms with Gasteiger partial charge in [-0.2, -0.15) is 0 Å². The van der Waals surface area contributed by atoms with E-state index in [9.17, 15) is 29.4 Å². The Bertz CT molecular complexity index is 742. The fourth-order valence-electron chi connectivity index (χ4n) is 3.34. The van der Waals surface area contributed by atoms with Gasteiger partial charge in [0, 0.05) is 6.54 Å². The van der Waals surface area contributed by atoms with Crippen LogP contribution in [0.4, 0.5) is 0 Å². The normalized spacial score (nSPS) is 15.2. The zero-order valence-corrected chi connectivity index (χ0v) is 21.4. The molecule has 14 nitrogen and oxygen atoms in total. The monoisotopic (exact) mass is 516 g/mol. The first-order valence-electron chi connectivity index (χ1n) is 12.1. The van der Waals surface area contributed by atoms with E-state index in [2.05, 4.69) is 20.9 Å². The summed E-state index contributed by atoms with van der Waals surface area (Å²) in [5.41, 5.74) is 22.1. The van der Waals surface area contributed by atoms with E-state index < -0.39 is 54.0 Å². The van der Waals surface area contributed by atoms with Gasteiger partial charge in [0.15, 0.2) is 12.0 Å². The Kier molecular flexibility index (Phi) is 16.0. The molecular formula is C22H44N8O6. The lowest BCUT2D eigenvalue weighted by Gasteiger charge is -2.26. The van der Waals surface area contributed by atoms with Crippen molar-refractivity contribution < 1.29 is 29.4 Å². The number of carboxylic acid groups (broad SMARTS) is 1. The fraction of sp³-hybridized carbons (Fsp3) is 0.773. The Morgan fingerprint density at radius 2 is 1.39 bits per heavy atom. The largest absolute Gasteiger partial charge is 0.480 e. The Morgan fingerprint density at radius 3 is 1.86 bits per heavy atom. The third-order valence-electron chi connectivity index (χ3n) is 5.27. The van der Waals surface area contributed by atoms with Crippen molar-refractivity contribution in [3.8, 4) is 0 Å². The summed E-state index contributed by atoms with van der Waals surface area (Å²) in [5, 5.41) is 26.4. The van der Waals surface area contributed by atoms with E-state index in [0.29, 0.717) is 32.2 Å². The Labute approximate surface area is 212 Å². The number of hydrogen-bond donors (Lipinski definition) is 9. The molecule has 5 atom stereocenters. The van der Waals surface area contributed by atoms with Crippen LogP contribution in [-0.2, 0) is 19.2 Å². The van der Waals surface area contributed by atoms with E-state index in [4.69, 9.17) is 22.9 Å². The van der Waals surface area contributed by atoms with Crippen LogP contribution in [0, 0.1) is 5.92 Å². The first-order valence-corrected chi connectivity index (χ1v) is 12.1. The molecule has 36 heavy (non-hydrogen) atoms. The number of aliphatic carboxylic acids is 1. The van der Waals surface area contributed by atoms with E-state index in [0.717, 1.165) is 0 Å². The van der Waals surface area contributed by atoms with E-state index in [1.807, 2.05) is 13.8 Å². The average Bonchev–Trinajstić information content (AvgIpc) is 2.77. The van der Waals surface area contributed by atoms with E-state index in [1.54, 1.807) is 0 Å². The number of aliphatic hydroxyl groups is 1. The smallest absolute Gasteiger partial charge is 0.328 e. The highest BCUT2D eigenvalue weighted by atomic mass is 16.4. The Morgan fingerprint density at radius 1 is 0.861 bits per heavy atom. The number of carbonyl (C=O) groups is 4. The van der Waals surface area contributed by atoms with Crippen molar-refractivity contribution in [2.75, 3.05) is 13.1 Å². The number of aliphatic hydroxyl groups excluding tert-OH is 1. The zero-order valence-electron chi connectivity index (χ0n) is 21.4. The molecule has 0 aromatic rings. The highest BCUT2D eigenvalue weighted by Crippen LogP contribution is 2.08. The van der Waals surface area contributed by atoms with Gasteiger partial charge in [0.2, 0.25) is 17.7 Å². The van der Waals surface area contributed by atoms with Crippen molar-refractivity contribution in [2.45, 2.75) is 89.6 Å². The predicted octanol–water partition coefficient (Wildman–Crippen LogP) is -2.54. The number of nitrogens with two attached hydrogens (primary N) is 4. The number of guanidine groups is 1. The summed E-state index contributed by atoms with van der Waals surface area (Å²) in [6.07, 6.45) is 0.769. The summed E-state index contributed by atoms with van der Waals surface area (Å²) in [6.45, 7) is 5.63. The minimum atomic E-state index is -1.56. The third-order valence-corrected chi connectivity index (χ3v) is 5.27. The standard InChI is InChI=1S/C22H44N8O6/c1-12(2)11-14(24)18(32)28-16(8-6-10-27-22(25)26)19(33)29-15(7-4-5-9-23)20(34)30-17(13(3)31)21(35)36/h12-17,31H,4-11,23-24H2,1-3H3,(H,28,32)(H,29,33)(H,30,34)(H,35,36)(H4,25,26,27). The number of rotatable bonds is 18. The van der Waals surface area contributed by atoms with E-state index in [1.165, 1.54) is 6.92 Å². The number of carbonyl (C=O) groups excluding carboxylic acids is 3. The molecule has 208 valence electrons. The highest BCUT2D eigenvalue weighted by molar-refractivity contribution is 5.94. The molecule has 0 fully saturated rings. The average molecular weight is 517 g/mol. The summed E-state index contributed by atoms with van der Waals surface area (Å²) in [5.74, 6) is -3.32. The molecule has 0 saturated heterocycles. The molecule has 0 saturated carbocycles. The lowest BCUT2D eigenvalue weighted by molar-refractivity contribution is -0.145. The van der Waals surface area contributed by atoms with Crippen molar-refractivity contribution >= 4 is 29.7 Å². The number of aliphatic imine (C=N–C) groups is 1. The summed E-state index contributed by atoms with van der Waals surface area (Å²) < 4.78 is 0. The number of nitrogens with one attached hydrogen (secondary N) is 3. The second-order valence-electron chi connectivity index (χ2n) is 9.16. The van der Waals surface area contributed by atoms with Crippen LogP contribution in [0.25, 0.3) is 0 Å². The molecule has 0 heterocycles. The van der Waals surface area contributed by atoms with Crippen molar-refractivity contribution in [3.63, 3.8) is 0 Å². The van der Waals surface area contributed by atoms with Crippen molar-refractivity contribution in [1.82, 2.24) is 16.0 Å². The van der Waals surface area contributed by atoms with E-state index >= 15 is 0 Å². The highest BCUT2D eigenvalue weighted by Gasteiger charge is 2.31. The van der Waals surface area contributed by atoms with Crippen LogP contribution in [0.5, 0.6) is 0 Å². The second-order valence-corrected chi connectivity index (χ2v) is 9.16. The summed E-state index contributed by atoms with van der Waals surface area (Å²) in [6, 6.07) is -4.55. The lowest BCUT2D eigenvalue weighted by atomic mass is 10.0. The summed E-state index contributed by atoms with van der Waals surface area (Å²) in [4.78, 5) is 53.8. The van der Waals surface area contributed by atoms with Crippen molar-refractivity contribution in [1.29, 1.82) is 0 Å². The first-order chi connectivity index (χ1) is 16.8. The number of hydrogen-bond acceptors (Lipinski definition) is 8. The summed E-state index contributed by atoms with van der Waals surface area (Å²) >= 11 is 0. The lowest BCUT2D eigenvalue weighted by Crippen LogP contribution is -2.58. The van der Waals surface area contributed by atoms with Crippen LogP contribution >= 0.6 is 0 Å². The summed E-state index contributed by atoms with van der Waals surface area (Å²) in [7, 11) is 0. The number of unbranched alkanes of at least 4 members (excludes halogenated alkanes) is 1. The van der Waals surface area contributed by atoms with Gasteiger partial charge in [-0.05, 0) is 57.9 Å². The molecule has 0 aliphatic heterocycles. The van der Waals surface area contributed by atoms with Gasteiger partial charge in [-0.3, -0.25) is 19.4 Å². The molecular weight excluding hydrogens is 472 g/mol. The van der Waals surface area contributed by atoms with Gasteiger partial charge >= 0.3 is 5.97 Å². The SMILES string of the molecule is CC(C)CC(N)C(=O)NC(CCCN=C(N)N)C(=O)NC(CCCCN)C(=O)NC(C(=O)O)C(C)O. The zero-order chi connectivity index (χ0) is 27.8. The molecule has 0 aliphatic carbocycles. The van der Waals surface area contributed by atoms with Gasteiger partial charge in [0.1, 0.15) is 12.1 Å². The molecule has 0 bridgehead atoms. The maximum absolute atomic E-state index is 13.1. The topological polar surface area (TPSA) is 261 Å². The minimum absolute atomic E-state index is 0.110. The number of nitrogens with zero attached hydrogens (tertiary/aromatic N) is 1. The van der Waals surface area contributed by atoms with E-state index in [-0.39, 0.29) is 31.3 Å². The van der Waals surface area contributed by atoms with Crippen molar-refractivity contribution in [2.24, 2.45) is 33.8 Å². The molecule has 13 N–H and O–H groups in total. The van der Waals surface area contributed by atoms with Gasteiger partial charge in [0.05, 0.1) is 12.1 Å². The molecule has 5 unspecified atom stereocenters. The van der Waals surface area contributed by atoms with Crippen LogP contribution in [0.2, 0.25) is 0 Å². The van der Waals surface area contributed by atoms with Crippen LogP contribution in [-0.4, -0.2) is 83.2 Å². The maximum Gasteiger partial charge on any atom is 0.328 e. The Balaban J connectivity index is 5.61. The van der Waals surface area contributed by atoms with Crippen LogP contribution in [0.1, 0.15) is 59.3 Å².